The molecule has 1 aromatic carbocycles. The third-order valence-corrected chi connectivity index (χ3v) is 2.53. The molecule has 4 heteroatoms. The van der Waals surface area contributed by atoms with Crippen molar-refractivity contribution in [3.05, 3.63) is 35.9 Å². The molecule has 3 N–H and O–H groups in total. The quantitative estimate of drug-likeness (QED) is 0.777. The molecule has 0 radical (unpaired) electrons. The van der Waals surface area contributed by atoms with Crippen molar-refractivity contribution in [1.29, 1.82) is 0 Å². The van der Waals surface area contributed by atoms with E-state index in [0.29, 0.717) is 13.0 Å². The molecule has 0 aliphatic heterocycles. The van der Waals surface area contributed by atoms with Gasteiger partial charge < -0.3 is 15.7 Å². The summed E-state index contributed by atoms with van der Waals surface area (Å²) in [6.07, 6.45) is -0.0167. The van der Waals surface area contributed by atoms with Gasteiger partial charge in [-0.1, -0.05) is 30.3 Å². The maximum absolute atomic E-state index is 11.9. The van der Waals surface area contributed by atoms with E-state index < -0.39 is 12.1 Å². The molecule has 94 valence electrons. The lowest BCUT2D eigenvalue weighted by Crippen LogP contribution is -2.45. The summed E-state index contributed by atoms with van der Waals surface area (Å²) in [5, 5.41) is 9.21. The van der Waals surface area contributed by atoms with Crippen LogP contribution in [0.3, 0.4) is 0 Å². The molecule has 0 fully saturated rings. The van der Waals surface area contributed by atoms with Gasteiger partial charge in [-0.15, -0.1) is 0 Å². The maximum atomic E-state index is 11.9. The molecule has 0 spiro atoms. The zero-order valence-electron chi connectivity index (χ0n) is 10.3. The lowest BCUT2D eigenvalue weighted by atomic mass is 10.1. The van der Waals surface area contributed by atoms with Gasteiger partial charge in [-0.3, -0.25) is 4.79 Å². The van der Waals surface area contributed by atoms with Crippen molar-refractivity contribution in [1.82, 2.24) is 4.90 Å². The van der Waals surface area contributed by atoms with Crippen LogP contribution < -0.4 is 5.73 Å². The minimum Gasteiger partial charge on any atom is -0.392 e. The van der Waals surface area contributed by atoms with Gasteiger partial charge in [0.2, 0.25) is 5.91 Å². The van der Waals surface area contributed by atoms with Gasteiger partial charge in [-0.25, -0.2) is 0 Å². The molecule has 0 saturated heterocycles. The highest BCUT2D eigenvalue weighted by Gasteiger charge is 2.19. The molecule has 17 heavy (non-hydrogen) atoms. The average Bonchev–Trinajstić information content (AvgIpc) is 2.28. The second-order valence-electron chi connectivity index (χ2n) is 4.36. The Labute approximate surface area is 102 Å². The number of carbonyl (C=O) groups excluding carboxylic acids is 1. The summed E-state index contributed by atoms with van der Waals surface area (Å²) >= 11 is 0. The zero-order chi connectivity index (χ0) is 12.8. The fraction of sp³-hybridized carbons (Fsp3) is 0.462. The summed E-state index contributed by atoms with van der Waals surface area (Å²) in [6.45, 7) is 1.95. The molecular weight excluding hydrogens is 216 g/mol. The Morgan fingerprint density at radius 1 is 1.41 bits per heavy atom. The lowest BCUT2D eigenvalue weighted by molar-refractivity contribution is -0.132. The van der Waals surface area contributed by atoms with Crippen LogP contribution in [-0.4, -0.2) is 41.7 Å². The topological polar surface area (TPSA) is 66.6 Å². The molecule has 0 aliphatic carbocycles. The predicted octanol–water partition coefficient (Wildman–Crippen LogP) is 0.396. The number of benzene rings is 1. The largest absolute Gasteiger partial charge is 0.392 e. The predicted molar refractivity (Wildman–Crippen MR) is 67.4 cm³/mol. The molecule has 2 unspecified atom stereocenters. The normalized spacial score (nSPS) is 14.1. The maximum Gasteiger partial charge on any atom is 0.239 e. The Bertz CT molecular complexity index is 352. The van der Waals surface area contributed by atoms with Crippen LogP contribution in [0.2, 0.25) is 0 Å². The molecule has 0 heterocycles. The number of nitrogens with two attached hydrogens (primary N) is 1. The molecule has 0 aliphatic rings. The van der Waals surface area contributed by atoms with Gasteiger partial charge in [0, 0.05) is 13.6 Å². The highest BCUT2D eigenvalue weighted by atomic mass is 16.3. The van der Waals surface area contributed by atoms with Crippen LogP contribution in [0.15, 0.2) is 30.3 Å². The lowest BCUT2D eigenvalue weighted by Gasteiger charge is -2.22. The number of amides is 1. The number of nitrogens with zero attached hydrogens (tertiary/aromatic N) is 1. The molecule has 1 amide bonds. The minimum atomic E-state index is -0.554. The summed E-state index contributed by atoms with van der Waals surface area (Å²) in [4.78, 5) is 13.3. The van der Waals surface area contributed by atoms with Crippen molar-refractivity contribution >= 4 is 5.91 Å². The van der Waals surface area contributed by atoms with E-state index in [1.807, 2.05) is 30.3 Å². The van der Waals surface area contributed by atoms with Crippen LogP contribution in [0.25, 0.3) is 0 Å². The van der Waals surface area contributed by atoms with Crippen molar-refractivity contribution in [2.75, 3.05) is 13.6 Å². The van der Waals surface area contributed by atoms with Crippen LogP contribution in [0, 0.1) is 0 Å². The van der Waals surface area contributed by atoms with E-state index in [-0.39, 0.29) is 5.91 Å². The van der Waals surface area contributed by atoms with E-state index in [9.17, 15) is 9.90 Å². The monoisotopic (exact) mass is 236 g/mol. The molecule has 0 aromatic heterocycles. The Kier molecular flexibility index (Phi) is 5.12. The third-order valence-electron chi connectivity index (χ3n) is 2.53. The fourth-order valence-corrected chi connectivity index (χ4v) is 1.72. The minimum absolute atomic E-state index is 0.144. The van der Waals surface area contributed by atoms with Gasteiger partial charge in [0.1, 0.15) is 0 Å². The van der Waals surface area contributed by atoms with Crippen LogP contribution >= 0.6 is 0 Å². The number of rotatable bonds is 5. The van der Waals surface area contributed by atoms with Crippen LogP contribution in [0.4, 0.5) is 0 Å². The highest BCUT2D eigenvalue weighted by Crippen LogP contribution is 2.04. The SMILES string of the molecule is CC(O)CN(C)C(=O)C(N)Cc1ccccc1. The summed E-state index contributed by atoms with van der Waals surface area (Å²) in [5.74, 6) is -0.144. The van der Waals surface area contributed by atoms with Crippen LogP contribution in [-0.2, 0) is 11.2 Å². The average molecular weight is 236 g/mol. The molecular formula is C13H20N2O2. The van der Waals surface area contributed by atoms with Crippen molar-refractivity contribution in [3.8, 4) is 0 Å². The third kappa shape index (κ3) is 4.54. The molecule has 4 nitrogen and oxygen atoms in total. The van der Waals surface area contributed by atoms with E-state index in [2.05, 4.69) is 0 Å². The number of hydrogen-bond donors (Lipinski definition) is 2. The molecule has 1 aromatic rings. The Morgan fingerprint density at radius 3 is 2.53 bits per heavy atom. The second-order valence-corrected chi connectivity index (χ2v) is 4.36. The standard InChI is InChI=1S/C13H20N2O2/c1-10(16)9-15(2)13(17)12(14)8-11-6-4-3-5-7-11/h3-7,10,12,16H,8-9,14H2,1-2H3. The van der Waals surface area contributed by atoms with Crippen molar-refractivity contribution in [2.24, 2.45) is 5.73 Å². The van der Waals surface area contributed by atoms with Gasteiger partial charge >= 0.3 is 0 Å². The number of aliphatic hydroxyl groups is 1. The molecule has 0 saturated carbocycles. The van der Waals surface area contributed by atoms with Gasteiger partial charge in [-0.2, -0.15) is 0 Å². The summed E-state index contributed by atoms with van der Waals surface area (Å²) in [5.41, 5.74) is 6.89. The van der Waals surface area contributed by atoms with E-state index >= 15 is 0 Å². The number of carbonyl (C=O) groups is 1. The summed E-state index contributed by atoms with van der Waals surface area (Å²) < 4.78 is 0. The van der Waals surface area contributed by atoms with Gasteiger partial charge in [0.15, 0.2) is 0 Å². The van der Waals surface area contributed by atoms with Crippen molar-refractivity contribution < 1.29 is 9.90 Å². The number of likely N-dealkylation sites (N-methyl/N-ethyl adjacent to an activating group) is 1. The zero-order valence-corrected chi connectivity index (χ0v) is 10.3. The van der Waals surface area contributed by atoms with E-state index in [0.717, 1.165) is 5.56 Å². The molecule has 1 rings (SSSR count). The molecule has 0 bridgehead atoms. The number of hydrogen-bond acceptors (Lipinski definition) is 3. The van der Waals surface area contributed by atoms with E-state index in [1.165, 1.54) is 4.90 Å². The summed E-state index contributed by atoms with van der Waals surface area (Å²) in [6, 6.07) is 9.11. The second kappa shape index (κ2) is 6.37. The fourth-order valence-electron chi connectivity index (χ4n) is 1.72. The first-order valence-corrected chi connectivity index (χ1v) is 5.73. The number of aliphatic hydroxyl groups excluding tert-OH is 1. The van der Waals surface area contributed by atoms with Gasteiger partial charge in [0.05, 0.1) is 12.1 Å². The Hall–Kier alpha value is -1.39. The first kappa shape index (κ1) is 13.7. The van der Waals surface area contributed by atoms with Gasteiger partial charge in [-0.05, 0) is 18.9 Å². The smallest absolute Gasteiger partial charge is 0.239 e. The van der Waals surface area contributed by atoms with Crippen molar-refractivity contribution in [3.63, 3.8) is 0 Å². The van der Waals surface area contributed by atoms with Crippen molar-refractivity contribution in [2.45, 2.75) is 25.5 Å². The highest BCUT2D eigenvalue weighted by molar-refractivity contribution is 5.81. The first-order chi connectivity index (χ1) is 8.00. The van der Waals surface area contributed by atoms with Crippen LogP contribution in [0.1, 0.15) is 12.5 Å². The Balaban J connectivity index is 2.52. The molecule has 2 atom stereocenters. The Morgan fingerprint density at radius 2 is 2.00 bits per heavy atom. The summed E-state index contributed by atoms with van der Waals surface area (Å²) in [7, 11) is 1.65. The van der Waals surface area contributed by atoms with E-state index in [1.54, 1.807) is 14.0 Å². The van der Waals surface area contributed by atoms with E-state index in [4.69, 9.17) is 5.73 Å². The van der Waals surface area contributed by atoms with Crippen LogP contribution in [0.5, 0.6) is 0 Å². The first-order valence-electron chi connectivity index (χ1n) is 5.73. The van der Waals surface area contributed by atoms with Gasteiger partial charge in [0.25, 0.3) is 0 Å².